The highest BCUT2D eigenvalue weighted by atomic mass is 35.5. The lowest BCUT2D eigenvalue weighted by Gasteiger charge is -1.99. The molecule has 0 saturated carbocycles. The van der Waals surface area contributed by atoms with E-state index >= 15 is 0 Å². The standard InChI is InChI=1S/C18H15N4O2.ClH/c1-2-24-18(23)15-16(13-9-5-3-6-10-13)21-22(17(15)20-19)14-11-7-4-8-12-14;/h3-12H,2H2,1H3;1H/q+1;/p-1. The topological polar surface area (TPSA) is 72.3 Å². The van der Waals surface area contributed by atoms with Crippen molar-refractivity contribution in [2.24, 2.45) is 0 Å². The molecule has 7 heteroatoms. The molecule has 0 aliphatic carbocycles. The van der Waals surface area contributed by atoms with Crippen molar-refractivity contribution in [1.29, 1.82) is 5.39 Å². The van der Waals surface area contributed by atoms with E-state index in [1.54, 1.807) is 6.92 Å². The third-order valence-corrected chi connectivity index (χ3v) is 3.48. The van der Waals surface area contributed by atoms with Gasteiger partial charge in [-0.15, -0.1) is 0 Å². The molecule has 0 radical (unpaired) electrons. The number of benzene rings is 2. The van der Waals surface area contributed by atoms with E-state index in [4.69, 9.17) is 4.74 Å². The van der Waals surface area contributed by atoms with Crippen molar-refractivity contribution in [3.63, 3.8) is 0 Å². The average Bonchev–Trinajstić information content (AvgIpc) is 3.03. The molecule has 0 fully saturated rings. The van der Waals surface area contributed by atoms with Crippen molar-refractivity contribution in [2.45, 2.75) is 6.92 Å². The number of aromatic nitrogens is 2. The molecule has 0 N–H and O–H groups in total. The molecule has 0 aliphatic heterocycles. The van der Waals surface area contributed by atoms with Gasteiger partial charge in [-0.2, -0.15) is 0 Å². The lowest BCUT2D eigenvalue weighted by molar-refractivity contribution is -0.0000233. The molecule has 2 aromatic carbocycles. The zero-order chi connectivity index (χ0) is 16.9. The third-order valence-electron chi connectivity index (χ3n) is 3.48. The van der Waals surface area contributed by atoms with Crippen molar-refractivity contribution >= 4 is 11.8 Å². The molecule has 3 aromatic rings. The molecule has 0 aliphatic rings. The van der Waals surface area contributed by atoms with Crippen LogP contribution < -0.4 is 12.4 Å². The summed E-state index contributed by atoms with van der Waals surface area (Å²) < 4.78 is 6.54. The van der Waals surface area contributed by atoms with Gasteiger partial charge in [0.15, 0.2) is 5.69 Å². The molecule has 0 unspecified atom stereocenters. The molecule has 1 heterocycles. The van der Waals surface area contributed by atoms with Crippen molar-refractivity contribution in [1.82, 2.24) is 9.78 Å². The predicted molar refractivity (Wildman–Crippen MR) is 89.7 cm³/mol. The summed E-state index contributed by atoms with van der Waals surface area (Å²) in [5, 5.41) is 14.0. The Balaban J connectivity index is 0.00000225. The van der Waals surface area contributed by atoms with Gasteiger partial charge in [0, 0.05) is 10.5 Å². The number of nitrogens with zero attached hydrogens (tertiary/aromatic N) is 4. The minimum atomic E-state index is -0.577. The first-order chi connectivity index (χ1) is 11.8. The van der Waals surface area contributed by atoms with E-state index < -0.39 is 5.97 Å². The predicted octanol–water partition coefficient (Wildman–Crippen LogP) is 1.20. The molecule has 126 valence electrons. The number of esters is 1. The Kier molecular flexibility index (Phi) is 5.88. The Bertz CT molecular complexity index is 902. The number of para-hydroxylation sites is 1. The van der Waals surface area contributed by atoms with E-state index in [0.29, 0.717) is 11.4 Å². The summed E-state index contributed by atoms with van der Waals surface area (Å²) in [5.74, 6) is -0.537. The van der Waals surface area contributed by atoms with Crippen LogP contribution in [0.2, 0.25) is 0 Å². The summed E-state index contributed by atoms with van der Waals surface area (Å²) in [6.07, 6.45) is 0. The highest BCUT2D eigenvalue weighted by Crippen LogP contribution is 2.33. The normalized spacial score (nSPS) is 9.76. The summed E-state index contributed by atoms with van der Waals surface area (Å²) in [6.45, 7) is 1.94. The lowest BCUT2D eigenvalue weighted by atomic mass is 10.1. The zero-order valence-electron chi connectivity index (χ0n) is 13.5. The largest absolute Gasteiger partial charge is 1.00 e. The molecule has 0 bridgehead atoms. The van der Waals surface area contributed by atoms with Crippen LogP contribution in [0.1, 0.15) is 17.3 Å². The number of diazo groups is 1. The number of ether oxygens (including phenoxy) is 1. The molecule has 0 saturated heterocycles. The van der Waals surface area contributed by atoms with Gasteiger partial charge in [-0.3, -0.25) is 0 Å². The number of hydrogen-bond donors (Lipinski definition) is 0. The van der Waals surface area contributed by atoms with Crippen LogP contribution in [0.15, 0.2) is 60.7 Å². The van der Waals surface area contributed by atoms with E-state index in [1.165, 1.54) is 4.68 Å². The molecule has 0 atom stereocenters. The summed E-state index contributed by atoms with van der Waals surface area (Å²) in [6, 6.07) is 18.4. The first kappa shape index (κ1) is 18.2. The highest BCUT2D eigenvalue weighted by molar-refractivity contribution is 6.01. The number of carbonyl (C=O) groups excluding carboxylic acids is 1. The average molecular weight is 355 g/mol. The monoisotopic (exact) mass is 354 g/mol. The quantitative estimate of drug-likeness (QED) is 0.521. The Morgan fingerprint density at radius 3 is 2.28 bits per heavy atom. The van der Waals surface area contributed by atoms with Crippen molar-refractivity contribution < 1.29 is 21.9 Å². The maximum atomic E-state index is 12.4. The number of carbonyl (C=O) groups is 1. The van der Waals surface area contributed by atoms with E-state index in [1.807, 2.05) is 60.7 Å². The van der Waals surface area contributed by atoms with Crippen LogP contribution in [0.5, 0.6) is 0 Å². The van der Waals surface area contributed by atoms with E-state index in [0.717, 1.165) is 5.56 Å². The fraction of sp³-hybridized carbons (Fsp3) is 0.111. The SMILES string of the molecule is CCOC(=O)c1c(-c2ccccc2)nn(-c2ccccc2)c1[N+]#N.[Cl-]. The van der Waals surface area contributed by atoms with Gasteiger partial charge in [0.05, 0.1) is 12.0 Å². The maximum absolute atomic E-state index is 12.4. The molecule has 0 amide bonds. The Morgan fingerprint density at radius 1 is 1.12 bits per heavy atom. The van der Waals surface area contributed by atoms with Crippen LogP contribution >= 0.6 is 0 Å². The van der Waals surface area contributed by atoms with Gasteiger partial charge in [-0.1, -0.05) is 58.3 Å². The van der Waals surface area contributed by atoms with Crippen LogP contribution in [0, 0.1) is 5.39 Å². The lowest BCUT2D eigenvalue weighted by Crippen LogP contribution is -3.00. The summed E-state index contributed by atoms with van der Waals surface area (Å²) in [5.41, 5.74) is 1.96. The van der Waals surface area contributed by atoms with E-state index in [-0.39, 0.29) is 30.4 Å². The van der Waals surface area contributed by atoms with E-state index in [9.17, 15) is 10.2 Å². The minimum absolute atomic E-state index is 0. The fourth-order valence-corrected chi connectivity index (χ4v) is 2.44. The van der Waals surface area contributed by atoms with Crippen molar-refractivity contribution in [2.75, 3.05) is 6.61 Å². The smallest absolute Gasteiger partial charge is 0.466 e. The number of hydrogen-bond acceptors (Lipinski definition) is 4. The maximum Gasteiger partial charge on any atom is 0.466 e. The van der Waals surface area contributed by atoms with Gasteiger partial charge < -0.3 is 17.1 Å². The Labute approximate surface area is 151 Å². The highest BCUT2D eigenvalue weighted by Gasteiger charge is 2.35. The first-order valence-electron chi connectivity index (χ1n) is 7.52. The Hall–Kier alpha value is -3.17. The van der Waals surface area contributed by atoms with Gasteiger partial charge in [0.2, 0.25) is 5.56 Å². The van der Waals surface area contributed by atoms with Crippen LogP contribution in [-0.2, 0) is 4.74 Å². The second-order valence-electron chi connectivity index (χ2n) is 4.98. The van der Waals surface area contributed by atoms with Crippen LogP contribution in [0.3, 0.4) is 0 Å². The van der Waals surface area contributed by atoms with Gasteiger partial charge in [0.1, 0.15) is 5.69 Å². The van der Waals surface area contributed by atoms with Gasteiger partial charge in [-0.05, 0) is 19.1 Å². The van der Waals surface area contributed by atoms with Gasteiger partial charge in [0.25, 0.3) is 0 Å². The van der Waals surface area contributed by atoms with E-state index in [2.05, 4.69) is 10.1 Å². The molecule has 6 nitrogen and oxygen atoms in total. The van der Waals surface area contributed by atoms with Crippen LogP contribution in [-0.4, -0.2) is 22.4 Å². The molecular formula is C18H15ClN4O2. The van der Waals surface area contributed by atoms with Crippen molar-refractivity contribution in [3.8, 4) is 16.9 Å². The summed E-state index contributed by atoms with van der Waals surface area (Å²) >= 11 is 0. The molecule has 0 spiro atoms. The van der Waals surface area contributed by atoms with Crippen molar-refractivity contribution in [3.05, 3.63) is 71.2 Å². The second-order valence-corrected chi connectivity index (χ2v) is 4.98. The first-order valence-corrected chi connectivity index (χ1v) is 7.52. The molecule has 1 aromatic heterocycles. The number of rotatable bonds is 4. The summed E-state index contributed by atoms with van der Waals surface area (Å²) in [4.78, 5) is 15.7. The number of halogens is 1. The fourth-order valence-electron chi connectivity index (χ4n) is 2.44. The third kappa shape index (κ3) is 3.52. The van der Waals surface area contributed by atoms with Crippen LogP contribution in [0.25, 0.3) is 21.9 Å². The van der Waals surface area contributed by atoms with Gasteiger partial charge in [-0.25, -0.2) is 4.79 Å². The van der Waals surface area contributed by atoms with Crippen LogP contribution in [0.4, 0.5) is 5.82 Å². The minimum Gasteiger partial charge on any atom is -1.00 e. The molecule has 25 heavy (non-hydrogen) atoms. The Morgan fingerprint density at radius 2 is 1.72 bits per heavy atom. The summed E-state index contributed by atoms with van der Waals surface area (Å²) in [7, 11) is 0. The zero-order valence-corrected chi connectivity index (χ0v) is 14.2. The second kappa shape index (κ2) is 8.08. The molecule has 3 rings (SSSR count). The molecular weight excluding hydrogens is 340 g/mol. The van der Waals surface area contributed by atoms with Gasteiger partial charge >= 0.3 is 11.8 Å².